The molecule has 1 fully saturated rings. The fraction of sp³-hybridized carbons (Fsp3) is 0.385. The molecule has 2 aromatic rings. The van der Waals surface area contributed by atoms with E-state index in [0.717, 1.165) is 10.5 Å². The third-order valence-electron chi connectivity index (χ3n) is 5.62. The van der Waals surface area contributed by atoms with E-state index in [4.69, 9.17) is 4.74 Å². The van der Waals surface area contributed by atoms with Gasteiger partial charge in [-0.25, -0.2) is 14.5 Å². The lowest BCUT2D eigenvalue weighted by Gasteiger charge is -2.22. The van der Waals surface area contributed by atoms with Crippen molar-refractivity contribution < 1.29 is 23.9 Å². The maximum Gasteiger partial charge on any atom is 0.338 e. The summed E-state index contributed by atoms with van der Waals surface area (Å²) < 4.78 is 4.96. The molecule has 3 rings (SSSR count). The molecule has 1 saturated heterocycles. The maximum atomic E-state index is 13.3. The summed E-state index contributed by atoms with van der Waals surface area (Å²) in [4.78, 5) is 53.7. The van der Waals surface area contributed by atoms with Crippen molar-refractivity contribution in [3.8, 4) is 0 Å². The number of carbonyl (C=O) groups is 4. The van der Waals surface area contributed by atoms with E-state index < -0.39 is 29.9 Å². The van der Waals surface area contributed by atoms with E-state index in [0.29, 0.717) is 35.8 Å². The van der Waals surface area contributed by atoms with Crippen molar-refractivity contribution in [2.75, 3.05) is 23.4 Å². The number of hydrogen-bond acceptors (Lipinski definition) is 5. The Kier molecular flexibility index (Phi) is 8.04. The average Bonchev–Trinajstić information content (AvgIpc) is 3.02. The third kappa shape index (κ3) is 5.81. The van der Waals surface area contributed by atoms with E-state index in [-0.39, 0.29) is 13.0 Å². The van der Waals surface area contributed by atoms with Gasteiger partial charge in [0, 0.05) is 12.2 Å². The first-order valence-electron chi connectivity index (χ1n) is 11.5. The number of nitrogens with one attached hydrogen (secondary N) is 1. The molecular weight excluding hydrogens is 434 g/mol. The van der Waals surface area contributed by atoms with Crippen LogP contribution < -0.4 is 10.2 Å². The Morgan fingerprint density at radius 3 is 2.26 bits per heavy atom. The Morgan fingerprint density at radius 1 is 1.03 bits per heavy atom. The summed E-state index contributed by atoms with van der Waals surface area (Å²) in [6, 6.07) is 12.2. The number of hydrogen-bond donors (Lipinski definition) is 1. The van der Waals surface area contributed by atoms with Gasteiger partial charge in [0.1, 0.15) is 6.04 Å². The molecule has 4 amide bonds. The van der Waals surface area contributed by atoms with Crippen LogP contribution in [0.2, 0.25) is 0 Å². The summed E-state index contributed by atoms with van der Waals surface area (Å²) >= 11 is 0. The van der Waals surface area contributed by atoms with Gasteiger partial charge in [0.05, 0.1) is 24.3 Å². The van der Waals surface area contributed by atoms with Crippen molar-refractivity contribution in [1.82, 2.24) is 4.90 Å². The molecule has 1 aliphatic rings. The predicted octanol–water partition coefficient (Wildman–Crippen LogP) is 4.38. The van der Waals surface area contributed by atoms with E-state index in [1.165, 1.54) is 4.90 Å². The second-order valence-electron chi connectivity index (χ2n) is 8.73. The lowest BCUT2D eigenvalue weighted by Crippen LogP contribution is -2.39. The lowest BCUT2D eigenvalue weighted by atomic mass is 10.1. The molecule has 1 atom stereocenters. The van der Waals surface area contributed by atoms with Crippen LogP contribution in [0.3, 0.4) is 0 Å². The number of rotatable bonds is 9. The molecule has 8 heteroatoms. The molecule has 0 aromatic heterocycles. The van der Waals surface area contributed by atoms with E-state index in [1.807, 2.05) is 32.9 Å². The number of imide groups is 1. The van der Waals surface area contributed by atoms with E-state index >= 15 is 0 Å². The second kappa shape index (κ2) is 11.0. The van der Waals surface area contributed by atoms with Crippen LogP contribution in [0.15, 0.2) is 48.5 Å². The zero-order chi connectivity index (χ0) is 24.8. The van der Waals surface area contributed by atoms with Crippen LogP contribution in [0.1, 0.15) is 49.5 Å². The summed E-state index contributed by atoms with van der Waals surface area (Å²) in [6.07, 6.45) is 0.554. The minimum absolute atomic E-state index is 0.162. The second-order valence-corrected chi connectivity index (χ2v) is 8.73. The molecule has 180 valence electrons. The zero-order valence-electron chi connectivity index (χ0n) is 20.0. The molecule has 1 N–H and O–H groups in total. The van der Waals surface area contributed by atoms with Crippen LogP contribution in [0.25, 0.3) is 0 Å². The highest BCUT2D eigenvalue weighted by Gasteiger charge is 2.46. The Balaban J connectivity index is 1.74. The van der Waals surface area contributed by atoms with Gasteiger partial charge >= 0.3 is 12.0 Å². The first-order chi connectivity index (χ1) is 16.2. The number of benzene rings is 2. The Hall–Kier alpha value is -3.68. The maximum absolute atomic E-state index is 13.3. The van der Waals surface area contributed by atoms with Gasteiger partial charge in [-0.15, -0.1) is 0 Å². The predicted molar refractivity (Wildman–Crippen MR) is 130 cm³/mol. The van der Waals surface area contributed by atoms with Crippen molar-refractivity contribution in [2.45, 2.75) is 46.6 Å². The molecule has 1 heterocycles. The molecule has 2 aromatic carbocycles. The SMILES string of the molecule is CCOC(=O)c1ccc(NC(=O)C[C@H]2C(=O)N(c3ccc(C)cc3)C(=O)N2CCC(C)C)cc1. The molecule has 34 heavy (non-hydrogen) atoms. The van der Waals surface area contributed by atoms with Gasteiger partial charge in [-0.1, -0.05) is 31.5 Å². The summed E-state index contributed by atoms with van der Waals surface area (Å²) in [6.45, 7) is 8.41. The highest BCUT2D eigenvalue weighted by atomic mass is 16.5. The van der Waals surface area contributed by atoms with Gasteiger partial charge < -0.3 is 15.0 Å². The zero-order valence-corrected chi connectivity index (χ0v) is 20.0. The summed E-state index contributed by atoms with van der Waals surface area (Å²) in [5, 5.41) is 2.75. The molecule has 8 nitrogen and oxygen atoms in total. The molecule has 0 radical (unpaired) electrons. The topological polar surface area (TPSA) is 96.0 Å². The molecular formula is C26H31N3O5. The minimum Gasteiger partial charge on any atom is -0.462 e. The fourth-order valence-corrected chi connectivity index (χ4v) is 3.71. The van der Waals surface area contributed by atoms with E-state index in [2.05, 4.69) is 5.32 Å². The normalized spacial score (nSPS) is 15.7. The standard InChI is InChI=1S/C26H31N3O5/c1-5-34-25(32)19-8-10-20(11-9-19)27-23(30)16-22-24(31)29(21-12-6-18(4)7-13-21)26(33)28(22)15-14-17(2)3/h6-13,17,22H,5,14-16H2,1-4H3,(H,27,30)/t22-/m0/s1. The van der Waals surface area contributed by atoms with Crippen molar-refractivity contribution >= 4 is 35.2 Å². The number of esters is 1. The Morgan fingerprint density at radius 2 is 1.68 bits per heavy atom. The first-order valence-corrected chi connectivity index (χ1v) is 11.5. The molecule has 0 saturated carbocycles. The van der Waals surface area contributed by atoms with Crippen molar-refractivity contribution in [3.63, 3.8) is 0 Å². The van der Waals surface area contributed by atoms with Crippen LogP contribution >= 0.6 is 0 Å². The number of amides is 4. The van der Waals surface area contributed by atoms with E-state index in [1.54, 1.807) is 43.3 Å². The number of nitrogens with zero attached hydrogens (tertiary/aromatic N) is 2. The molecule has 0 spiro atoms. The monoisotopic (exact) mass is 465 g/mol. The highest BCUT2D eigenvalue weighted by molar-refractivity contribution is 6.22. The van der Waals surface area contributed by atoms with Crippen LogP contribution in [-0.4, -0.2) is 47.9 Å². The molecule has 0 aliphatic carbocycles. The highest BCUT2D eigenvalue weighted by Crippen LogP contribution is 2.28. The van der Waals surface area contributed by atoms with E-state index in [9.17, 15) is 19.2 Å². The van der Waals surface area contributed by atoms with Gasteiger partial charge in [-0.3, -0.25) is 9.59 Å². The number of aryl methyl sites for hydroxylation is 1. The number of anilines is 2. The smallest absolute Gasteiger partial charge is 0.338 e. The number of ether oxygens (including phenoxy) is 1. The first kappa shape index (κ1) is 25.0. The van der Waals surface area contributed by atoms with Crippen LogP contribution in [0.4, 0.5) is 16.2 Å². The quantitative estimate of drug-likeness (QED) is 0.438. The van der Waals surface area contributed by atoms with Gasteiger partial charge in [-0.2, -0.15) is 0 Å². The van der Waals surface area contributed by atoms with Gasteiger partial charge in [-0.05, 0) is 62.6 Å². The van der Waals surface area contributed by atoms with Gasteiger partial charge in [0.25, 0.3) is 5.91 Å². The Bertz CT molecular complexity index is 1050. The number of carbonyl (C=O) groups excluding carboxylic acids is 4. The van der Waals surface area contributed by atoms with Crippen molar-refractivity contribution in [2.24, 2.45) is 5.92 Å². The van der Waals surface area contributed by atoms with Crippen LogP contribution in [-0.2, 0) is 14.3 Å². The van der Waals surface area contributed by atoms with Gasteiger partial charge in [0.15, 0.2) is 0 Å². The van der Waals surface area contributed by atoms with Crippen molar-refractivity contribution in [1.29, 1.82) is 0 Å². The molecule has 1 aliphatic heterocycles. The third-order valence-corrected chi connectivity index (χ3v) is 5.62. The number of urea groups is 1. The largest absolute Gasteiger partial charge is 0.462 e. The summed E-state index contributed by atoms with van der Waals surface area (Å²) in [5.41, 5.74) is 2.38. The summed E-state index contributed by atoms with van der Waals surface area (Å²) in [5.74, 6) is -0.906. The van der Waals surface area contributed by atoms with Crippen LogP contribution in [0.5, 0.6) is 0 Å². The molecule has 0 unspecified atom stereocenters. The lowest BCUT2D eigenvalue weighted by molar-refractivity contribution is -0.124. The van der Waals surface area contributed by atoms with Crippen LogP contribution in [0, 0.1) is 12.8 Å². The summed E-state index contributed by atoms with van der Waals surface area (Å²) in [7, 11) is 0. The van der Waals surface area contributed by atoms with Crippen molar-refractivity contribution in [3.05, 3.63) is 59.7 Å². The Labute approximate surface area is 199 Å². The van der Waals surface area contributed by atoms with Gasteiger partial charge in [0.2, 0.25) is 5.91 Å². The minimum atomic E-state index is -0.883. The average molecular weight is 466 g/mol. The fourth-order valence-electron chi connectivity index (χ4n) is 3.71. The molecule has 0 bridgehead atoms.